The molecule has 0 aliphatic carbocycles. The van der Waals surface area contributed by atoms with Crippen LogP contribution in [0.1, 0.15) is 15.5 Å². The summed E-state index contributed by atoms with van der Waals surface area (Å²) >= 11 is 0. The lowest BCUT2D eigenvalue weighted by Gasteiger charge is -1.85. The maximum absolute atomic E-state index is 9.92. The summed E-state index contributed by atoms with van der Waals surface area (Å²) in [4.78, 5) is 19.7. The number of carboxylic acids is 2. The molecule has 0 aliphatic rings. The van der Waals surface area contributed by atoms with Crippen LogP contribution < -0.4 is 0 Å². The van der Waals surface area contributed by atoms with Gasteiger partial charge < -0.3 is 15.7 Å². The Morgan fingerprint density at radius 2 is 1.78 bits per heavy atom. The van der Waals surface area contributed by atoms with Gasteiger partial charge in [0.25, 0.3) is 0 Å². The fourth-order valence-corrected chi connectivity index (χ4v) is 0.151. The molecule has 0 atom stereocenters. The molecule has 5 heteroatoms. The maximum atomic E-state index is 9.92. The summed E-state index contributed by atoms with van der Waals surface area (Å²) in [6.07, 6.45) is -3.67. The predicted molar refractivity (Wildman–Crippen MR) is 28.1 cm³/mol. The Morgan fingerprint density at radius 1 is 1.33 bits per heavy atom. The van der Waals surface area contributed by atoms with Gasteiger partial charge in [-0.2, -0.15) is 0 Å². The van der Waals surface area contributed by atoms with Gasteiger partial charge in [0.15, 0.2) is 0 Å². The molecule has 0 saturated carbocycles. The van der Waals surface area contributed by atoms with Crippen molar-refractivity contribution in [3.8, 4) is 0 Å². The zero-order valence-electron chi connectivity index (χ0n) is 6.42. The fraction of sp³-hybridized carbons (Fsp3) is 0.500. The number of hydrogen-bond donors (Lipinski definition) is 2. The van der Waals surface area contributed by atoms with Gasteiger partial charge in [-0.1, -0.05) is 0 Å². The smallest absolute Gasteiger partial charge is 0.303 e. The molecule has 5 nitrogen and oxygen atoms in total. The van der Waals surface area contributed by atoms with Crippen molar-refractivity contribution in [3.63, 3.8) is 0 Å². The van der Waals surface area contributed by atoms with Crippen LogP contribution in [0, 0.1) is 0 Å². The Hall–Kier alpha value is -1.10. The Bertz CT molecular complexity index is 166. The molecule has 0 amide bonds. The van der Waals surface area contributed by atoms with Crippen LogP contribution in [-0.2, 0) is 9.59 Å². The molecule has 0 saturated heterocycles. The number of rotatable bonds is 3. The van der Waals surface area contributed by atoms with Crippen LogP contribution in [0.15, 0.2) is 0 Å². The van der Waals surface area contributed by atoms with E-state index < -0.39 is 24.7 Å². The molecular weight excluding hydrogens is 128 g/mol. The molecule has 0 unspecified atom stereocenters. The highest BCUT2D eigenvalue weighted by Crippen LogP contribution is 1.85. The van der Waals surface area contributed by atoms with Gasteiger partial charge in [-0.25, -0.2) is 0 Å². The second kappa shape index (κ2) is 5.04. The van der Waals surface area contributed by atoms with Crippen LogP contribution in [0.3, 0.4) is 0 Å². The minimum Gasteiger partial charge on any atom is -0.481 e. The van der Waals surface area contributed by atoms with Crippen LogP contribution >= 0.6 is 0 Å². The van der Waals surface area contributed by atoms with Crippen LogP contribution in [0.2, 0.25) is 0 Å². The molecule has 0 bridgehead atoms. The summed E-state index contributed by atoms with van der Waals surface area (Å²) in [6, 6.07) is 0. The van der Waals surface area contributed by atoms with E-state index in [0.717, 1.165) is 0 Å². The van der Waals surface area contributed by atoms with E-state index >= 15 is 0 Å². The first-order chi connectivity index (χ1) is 4.36. The molecule has 0 aromatic carbocycles. The molecule has 9 heavy (non-hydrogen) atoms. The molecule has 0 radical (unpaired) electrons. The monoisotopic (exact) mass is 138 g/mol. The Labute approximate surface area is 54.0 Å². The van der Waals surface area contributed by atoms with Gasteiger partial charge in [0.1, 0.15) is 0 Å². The van der Waals surface area contributed by atoms with Crippen molar-refractivity contribution in [1.82, 2.24) is 0 Å². The third kappa shape index (κ3) is 10.9. The summed E-state index contributed by atoms with van der Waals surface area (Å²) in [5.74, 6) is -3.22. The first-order valence-electron chi connectivity index (χ1n) is 2.81. The minimum absolute atomic E-state index is 0. The summed E-state index contributed by atoms with van der Waals surface area (Å²) in [6.45, 7) is 0. The maximum Gasteiger partial charge on any atom is 0.303 e. The second-order valence-electron chi connectivity index (χ2n) is 1.05. The van der Waals surface area contributed by atoms with Gasteiger partial charge >= 0.3 is 11.9 Å². The average Bonchev–Trinajstić information content (AvgIpc) is 1.60. The quantitative estimate of drug-likeness (QED) is 0.527. The largest absolute Gasteiger partial charge is 0.481 e. The lowest BCUT2D eigenvalue weighted by Crippen LogP contribution is -2.00. The highest BCUT2D eigenvalue weighted by atomic mass is 16.4. The van der Waals surface area contributed by atoms with Gasteiger partial charge in [0, 0.05) is 2.74 Å². The van der Waals surface area contributed by atoms with Gasteiger partial charge in [-0.15, -0.1) is 0 Å². The summed E-state index contributed by atoms with van der Waals surface area (Å²) in [7, 11) is 0. The van der Waals surface area contributed by atoms with Crippen LogP contribution in [-0.4, -0.2) is 27.6 Å². The number of carbonyl (C=O) groups is 2. The van der Waals surface area contributed by atoms with E-state index in [0.29, 0.717) is 0 Å². The fourth-order valence-electron chi connectivity index (χ4n) is 0.151. The standard InChI is InChI=1S/C4H6O4.H2O/c5-3(6)1-2-4(7)8;/h1-2H2,(H,5,6)(H,7,8);1H2/i1D2;. The van der Waals surface area contributed by atoms with E-state index in [1.165, 1.54) is 0 Å². The summed E-state index contributed by atoms with van der Waals surface area (Å²) < 4.78 is 13.2. The van der Waals surface area contributed by atoms with Crippen molar-refractivity contribution in [2.75, 3.05) is 0 Å². The highest BCUT2D eigenvalue weighted by Gasteiger charge is 2.00. The predicted octanol–water partition coefficient (Wildman–Crippen LogP) is -0.889. The highest BCUT2D eigenvalue weighted by molar-refractivity contribution is 5.75. The molecule has 0 heterocycles. The molecule has 0 fully saturated rings. The Balaban J connectivity index is 0. The van der Waals surface area contributed by atoms with Gasteiger partial charge in [0.05, 0.1) is 12.8 Å². The van der Waals surface area contributed by atoms with Crippen molar-refractivity contribution in [2.24, 2.45) is 0 Å². The molecule has 4 N–H and O–H groups in total. The molecular formula is C4H8O5. The van der Waals surface area contributed by atoms with E-state index in [1.807, 2.05) is 0 Å². The normalized spacial score (nSPS) is 12.4. The molecule has 0 spiro atoms. The van der Waals surface area contributed by atoms with Crippen molar-refractivity contribution in [1.29, 1.82) is 0 Å². The van der Waals surface area contributed by atoms with E-state index in [9.17, 15) is 9.59 Å². The molecule has 54 valence electrons. The third-order valence-electron chi connectivity index (χ3n) is 0.391. The third-order valence-corrected chi connectivity index (χ3v) is 0.391. The number of hydrogen-bond acceptors (Lipinski definition) is 2. The lowest BCUT2D eigenvalue weighted by molar-refractivity contribution is -0.143. The van der Waals surface area contributed by atoms with Crippen LogP contribution in [0.4, 0.5) is 0 Å². The lowest BCUT2D eigenvalue weighted by atomic mass is 10.3. The van der Waals surface area contributed by atoms with E-state index in [4.69, 9.17) is 13.0 Å². The minimum atomic E-state index is -2.66. The van der Waals surface area contributed by atoms with Crippen LogP contribution in [0.25, 0.3) is 0 Å². The van der Waals surface area contributed by atoms with Gasteiger partial charge in [0.2, 0.25) is 0 Å². The average molecular weight is 138 g/mol. The summed E-state index contributed by atoms with van der Waals surface area (Å²) in [5.41, 5.74) is 0. The SMILES string of the molecule is O.[2H]C([2H])(CC(=O)O)C(=O)O. The molecule has 0 rings (SSSR count). The Kier molecular flexibility index (Phi) is 3.38. The van der Waals surface area contributed by atoms with E-state index in [-0.39, 0.29) is 5.48 Å². The van der Waals surface area contributed by atoms with E-state index in [1.54, 1.807) is 0 Å². The van der Waals surface area contributed by atoms with Crippen molar-refractivity contribution < 1.29 is 28.0 Å². The van der Waals surface area contributed by atoms with Crippen molar-refractivity contribution in [3.05, 3.63) is 0 Å². The topological polar surface area (TPSA) is 106 Å². The molecule has 0 aromatic rings. The summed E-state index contributed by atoms with van der Waals surface area (Å²) in [5, 5.41) is 16.0. The van der Waals surface area contributed by atoms with Crippen molar-refractivity contribution >= 4 is 11.9 Å². The molecule has 0 aliphatic heterocycles. The van der Waals surface area contributed by atoms with Gasteiger partial charge in [-0.3, -0.25) is 9.59 Å². The first-order valence-corrected chi connectivity index (χ1v) is 1.81. The molecule has 0 aromatic heterocycles. The number of aliphatic carboxylic acids is 2. The Morgan fingerprint density at radius 3 is 1.89 bits per heavy atom. The van der Waals surface area contributed by atoms with Gasteiger partial charge in [-0.05, 0) is 0 Å². The number of carboxylic acid groups (broad SMARTS) is 2. The van der Waals surface area contributed by atoms with Crippen molar-refractivity contribution in [2.45, 2.75) is 12.8 Å². The zero-order valence-corrected chi connectivity index (χ0v) is 4.42. The van der Waals surface area contributed by atoms with E-state index in [2.05, 4.69) is 0 Å². The zero-order chi connectivity index (χ0) is 8.36. The second-order valence-corrected chi connectivity index (χ2v) is 1.05. The first kappa shape index (κ1) is 6.03. The van der Waals surface area contributed by atoms with Crippen LogP contribution in [0.5, 0.6) is 0 Å².